The van der Waals surface area contributed by atoms with Gasteiger partial charge in [-0.1, -0.05) is 13.8 Å². The molecule has 1 aliphatic rings. The van der Waals surface area contributed by atoms with Crippen molar-refractivity contribution in [3.05, 3.63) is 28.2 Å². The minimum absolute atomic E-state index is 0.326. The van der Waals surface area contributed by atoms with Gasteiger partial charge in [0.15, 0.2) is 0 Å². The highest BCUT2D eigenvalue weighted by Gasteiger charge is 2.28. The molecule has 1 heterocycles. The van der Waals surface area contributed by atoms with Crippen LogP contribution in [-0.4, -0.2) is 29.6 Å². The molecule has 0 saturated heterocycles. The van der Waals surface area contributed by atoms with E-state index in [1.165, 1.54) is 11.3 Å². The van der Waals surface area contributed by atoms with Crippen molar-refractivity contribution in [1.29, 1.82) is 0 Å². The summed E-state index contributed by atoms with van der Waals surface area (Å²) in [7, 11) is 0. The fourth-order valence-electron chi connectivity index (χ4n) is 2.62. The van der Waals surface area contributed by atoms with Gasteiger partial charge in [0.1, 0.15) is 5.00 Å². The quantitative estimate of drug-likeness (QED) is 0.607. The Morgan fingerprint density at radius 3 is 2.79 bits per heavy atom. The summed E-state index contributed by atoms with van der Waals surface area (Å²) < 4.78 is 5.25. The average Bonchev–Trinajstić information content (AvgIpc) is 2.87. The van der Waals surface area contributed by atoms with Crippen molar-refractivity contribution >= 4 is 34.2 Å². The van der Waals surface area contributed by atoms with Gasteiger partial charge in [0.25, 0.3) is 0 Å². The Hall–Kier alpha value is -2.15. The van der Waals surface area contributed by atoms with Crippen LogP contribution >= 0.6 is 11.3 Å². The highest BCUT2D eigenvalue weighted by molar-refractivity contribution is 7.17. The molecule has 130 valence electrons. The molecular formula is C17H21NO5S. The average molecular weight is 351 g/mol. The molecule has 6 nitrogen and oxygen atoms in total. The van der Waals surface area contributed by atoms with Crippen LogP contribution in [-0.2, 0) is 27.2 Å². The first-order valence-corrected chi connectivity index (χ1v) is 8.77. The van der Waals surface area contributed by atoms with E-state index < -0.39 is 17.8 Å². The van der Waals surface area contributed by atoms with E-state index in [4.69, 9.17) is 9.84 Å². The molecule has 0 aromatic carbocycles. The summed E-state index contributed by atoms with van der Waals surface area (Å²) in [6.07, 6.45) is 5.06. The third-order valence-electron chi connectivity index (χ3n) is 3.77. The molecule has 1 atom stereocenters. The molecule has 1 unspecified atom stereocenters. The number of aliphatic carboxylic acids is 1. The second-order valence-electron chi connectivity index (χ2n) is 5.85. The number of carboxylic acids is 1. The number of hydrogen-bond acceptors (Lipinski definition) is 5. The van der Waals surface area contributed by atoms with Crippen LogP contribution in [0.4, 0.5) is 5.00 Å². The molecule has 0 spiro atoms. The molecule has 7 heteroatoms. The third-order valence-corrected chi connectivity index (χ3v) is 4.94. The Balaban J connectivity index is 2.30. The van der Waals surface area contributed by atoms with Crippen molar-refractivity contribution in [3.63, 3.8) is 0 Å². The van der Waals surface area contributed by atoms with E-state index in [2.05, 4.69) is 12.2 Å². The van der Waals surface area contributed by atoms with E-state index in [-0.39, 0.29) is 0 Å². The van der Waals surface area contributed by atoms with Gasteiger partial charge in [-0.15, -0.1) is 11.3 Å². The molecular weight excluding hydrogens is 330 g/mol. The SMILES string of the molecule is CCCOC(=O)c1c(NC(=O)C=CC(=O)O)sc2c1CCC(C)C2. The zero-order chi connectivity index (χ0) is 17.7. The van der Waals surface area contributed by atoms with E-state index in [1.807, 2.05) is 6.92 Å². The topological polar surface area (TPSA) is 92.7 Å². The lowest BCUT2D eigenvalue weighted by molar-refractivity contribution is -0.131. The van der Waals surface area contributed by atoms with Gasteiger partial charge in [0.05, 0.1) is 12.2 Å². The van der Waals surface area contributed by atoms with Gasteiger partial charge in [0, 0.05) is 17.0 Å². The summed E-state index contributed by atoms with van der Waals surface area (Å²) in [5.74, 6) is -1.67. The van der Waals surface area contributed by atoms with Crippen LogP contribution in [0.25, 0.3) is 0 Å². The minimum Gasteiger partial charge on any atom is -0.478 e. The van der Waals surface area contributed by atoms with E-state index in [0.717, 1.165) is 48.3 Å². The van der Waals surface area contributed by atoms with Crippen LogP contribution in [0.15, 0.2) is 12.2 Å². The summed E-state index contributed by atoms with van der Waals surface area (Å²) in [4.78, 5) is 35.9. The van der Waals surface area contributed by atoms with Gasteiger partial charge in [-0.25, -0.2) is 9.59 Å². The van der Waals surface area contributed by atoms with Crippen molar-refractivity contribution in [2.75, 3.05) is 11.9 Å². The van der Waals surface area contributed by atoms with Crippen LogP contribution in [0.3, 0.4) is 0 Å². The number of rotatable bonds is 6. The molecule has 0 bridgehead atoms. The molecule has 1 amide bonds. The number of esters is 1. The fraction of sp³-hybridized carbons (Fsp3) is 0.471. The van der Waals surface area contributed by atoms with Gasteiger partial charge >= 0.3 is 11.9 Å². The number of carboxylic acid groups (broad SMARTS) is 1. The Labute approximate surface area is 144 Å². The van der Waals surface area contributed by atoms with E-state index in [9.17, 15) is 14.4 Å². The summed E-state index contributed by atoms with van der Waals surface area (Å²) >= 11 is 1.38. The number of carbonyl (C=O) groups is 3. The number of fused-ring (bicyclic) bond motifs is 1. The van der Waals surface area contributed by atoms with Crippen LogP contribution in [0, 0.1) is 5.92 Å². The molecule has 0 radical (unpaired) electrons. The molecule has 1 aromatic rings. The van der Waals surface area contributed by atoms with Crippen molar-refractivity contribution in [1.82, 2.24) is 0 Å². The van der Waals surface area contributed by atoms with Crippen LogP contribution in [0.2, 0.25) is 0 Å². The lowest BCUT2D eigenvalue weighted by Gasteiger charge is -2.18. The van der Waals surface area contributed by atoms with Gasteiger partial charge in [-0.3, -0.25) is 4.79 Å². The first-order chi connectivity index (χ1) is 11.4. The van der Waals surface area contributed by atoms with Gasteiger partial charge in [-0.2, -0.15) is 0 Å². The summed E-state index contributed by atoms with van der Waals surface area (Å²) in [6, 6.07) is 0. The van der Waals surface area contributed by atoms with Crippen LogP contribution < -0.4 is 5.32 Å². The second-order valence-corrected chi connectivity index (χ2v) is 6.96. The molecule has 2 rings (SSSR count). The molecule has 2 N–H and O–H groups in total. The molecule has 0 aliphatic heterocycles. The number of thiophene rings is 1. The predicted molar refractivity (Wildman–Crippen MR) is 91.5 cm³/mol. The summed E-state index contributed by atoms with van der Waals surface area (Å²) in [5.41, 5.74) is 1.38. The number of amides is 1. The third kappa shape index (κ3) is 4.44. The highest BCUT2D eigenvalue weighted by atomic mass is 32.1. The molecule has 1 aliphatic carbocycles. The lowest BCUT2D eigenvalue weighted by Crippen LogP contribution is -2.16. The Morgan fingerprint density at radius 1 is 1.38 bits per heavy atom. The number of anilines is 1. The zero-order valence-corrected chi connectivity index (χ0v) is 14.6. The molecule has 0 saturated carbocycles. The Kier molecular flexibility index (Phi) is 6.14. The maximum atomic E-state index is 12.4. The normalized spacial score (nSPS) is 16.7. The second kappa shape index (κ2) is 8.10. The largest absolute Gasteiger partial charge is 0.478 e. The number of ether oxygens (including phenoxy) is 1. The maximum Gasteiger partial charge on any atom is 0.341 e. The van der Waals surface area contributed by atoms with Crippen molar-refractivity contribution in [2.24, 2.45) is 5.92 Å². The maximum absolute atomic E-state index is 12.4. The van der Waals surface area contributed by atoms with Gasteiger partial charge in [-0.05, 0) is 37.2 Å². The number of carbonyl (C=O) groups excluding carboxylic acids is 2. The highest BCUT2D eigenvalue weighted by Crippen LogP contribution is 2.40. The van der Waals surface area contributed by atoms with Crippen LogP contribution in [0.5, 0.6) is 0 Å². The summed E-state index contributed by atoms with van der Waals surface area (Å²) in [5, 5.41) is 11.7. The number of nitrogens with one attached hydrogen (secondary N) is 1. The monoisotopic (exact) mass is 351 g/mol. The van der Waals surface area contributed by atoms with E-state index in [1.54, 1.807) is 0 Å². The summed E-state index contributed by atoms with van der Waals surface area (Å²) in [6.45, 7) is 4.40. The number of hydrogen-bond donors (Lipinski definition) is 2. The first-order valence-electron chi connectivity index (χ1n) is 7.96. The standard InChI is InChI=1S/C17H21NO5S/c1-3-8-23-17(22)15-11-5-4-10(2)9-12(11)24-16(15)18-13(19)6-7-14(20)21/h6-7,10H,3-5,8-9H2,1-2H3,(H,18,19)(H,20,21). The molecule has 1 aromatic heterocycles. The lowest BCUT2D eigenvalue weighted by atomic mass is 9.88. The Morgan fingerprint density at radius 2 is 2.12 bits per heavy atom. The van der Waals surface area contributed by atoms with Crippen molar-refractivity contribution in [2.45, 2.75) is 39.5 Å². The predicted octanol–water partition coefficient (Wildman–Crippen LogP) is 3.02. The zero-order valence-electron chi connectivity index (χ0n) is 13.8. The molecule has 0 fully saturated rings. The van der Waals surface area contributed by atoms with Gasteiger partial charge in [0.2, 0.25) is 5.91 Å². The fourth-order valence-corrected chi connectivity index (χ4v) is 4.02. The van der Waals surface area contributed by atoms with E-state index in [0.29, 0.717) is 23.1 Å². The van der Waals surface area contributed by atoms with Crippen LogP contribution in [0.1, 0.15) is 47.5 Å². The van der Waals surface area contributed by atoms with Crippen molar-refractivity contribution < 1.29 is 24.2 Å². The Bertz CT molecular complexity index is 677. The first kappa shape index (κ1) is 18.2. The smallest absolute Gasteiger partial charge is 0.341 e. The molecule has 24 heavy (non-hydrogen) atoms. The van der Waals surface area contributed by atoms with Crippen molar-refractivity contribution in [3.8, 4) is 0 Å². The minimum atomic E-state index is -1.20. The van der Waals surface area contributed by atoms with E-state index >= 15 is 0 Å². The van der Waals surface area contributed by atoms with Gasteiger partial charge < -0.3 is 15.2 Å².